The summed E-state index contributed by atoms with van der Waals surface area (Å²) < 4.78 is 5.47. The highest BCUT2D eigenvalue weighted by Gasteiger charge is 2.35. The molecule has 0 saturated carbocycles. The molecule has 1 rings (SSSR count). The Labute approximate surface area is 146 Å². The monoisotopic (exact) mass is 341 g/mol. The van der Waals surface area contributed by atoms with Crippen LogP contribution in [-0.2, 0) is 9.53 Å². The van der Waals surface area contributed by atoms with Gasteiger partial charge in [0.05, 0.1) is 6.04 Å². The third kappa shape index (κ3) is 5.65. The average Bonchev–Trinajstić information content (AvgIpc) is 2.44. The van der Waals surface area contributed by atoms with E-state index in [4.69, 9.17) is 10.5 Å². The summed E-state index contributed by atoms with van der Waals surface area (Å²) in [6.45, 7) is 14.7. The van der Waals surface area contributed by atoms with Crippen LogP contribution in [0, 0.1) is 5.92 Å². The second kappa shape index (κ2) is 8.19. The van der Waals surface area contributed by atoms with Crippen LogP contribution < -0.4 is 5.73 Å². The fourth-order valence-electron chi connectivity index (χ4n) is 2.99. The van der Waals surface area contributed by atoms with Crippen molar-refractivity contribution in [1.29, 1.82) is 0 Å². The topological polar surface area (TPSA) is 75.9 Å². The van der Waals surface area contributed by atoms with E-state index in [1.807, 2.05) is 53.4 Å². The lowest BCUT2D eigenvalue weighted by Gasteiger charge is -2.42. The van der Waals surface area contributed by atoms with Gasteiger partial charge in [0.2, 0.25) is 5.91 Å². The van der Waals surface area contributed by atoms with Crippen LogP contribution in [-0.4, -0.2) is 58.6 Å². The number of likely N-dealkylation sites (tertiary alicyclic amines) is 1. The van der Waals surface area contributed by atoms with E-state index in [2.05, 4.69) is 0 Å². The minimum atomic E-state index is -0.516. The molecule has 1 aliphatic heterocycles. The van der Waals surface area contributed by atoms with Crippen LogP contribution in [0.15, 0.2) is 0 Å². The van der Waals surface area contributed by atoms with Gasteiger partial charge in [-0.1, -0.05) is 13.8 Å². The minimum absolute atomic E-state index is 0.0106. The van der Waals surface area contributed by atoms with Crippen molar-refractivity contribution in [2.75, 3.05) is 13.1 Å². The van der Waals surface area contributed by atoms with E-state index < -0.39 is 11.6 Å². The van der Waals surface area contributed by atoms with E-state index in [0.717, 1.165) is 12.8 Å². The highest BCUT2D eigenvalue weighted by atomic mass is 16.6. The summed E-state index contributed by atoms with van der Waals surface area (Å²) in [5.41, 5.74) is 5.57. The first-order chi connectivity index (χ1) is 10.9. The van der Waals surface area contributed by atoms with Crippen LogP contribution in [0.25, 0.3) is 0 Å². The van der Waals surface area contributed by atoms with E-state index in [-0.39, 0.29) is 30.0 Å². The van der Waals surface area contributed by atoms with Gasteiger partial charge in [0.1, 0.15) is 5.60 Å². The van der Waals surface area contributed by atoms with Crippen LogP contribution in [0.3, 0.4) is 0 Å². The van der Waals surface area contributed by atoms with Crippen molar-refractivity contribution in [2.45, 2.75) is 85.0 Å². The normalized spacial score (nSPS) is 20.2. The van der Waals surface area contributed by atoms with Crippen LogP contribution in [0.1, 0.15) is 61.3 Å². The van der Waals surface area contributed by atoms with Crippen molar-refractivity contribution in [3.63, 3.8) is 0 Å². The maximum atomic E-state index is 12.8. The molecule has 140 valence electrons. The number of hydrogen-bond acceptors (Lipinski definition) is 4. The summed E-state index contributed by atoms with van der Waals surface area (Å²) in [6, 6.07) is -0.473. The molecule has 0 aliphatic carbocycles. The lowest BCUT2D eigenvalue weighted by Crippen LogP contribution is -2.58. The zero-order valence-corrected chi connectivity index (χ0v) is 16.3. The molecule has 24 heavy (non-hydrogen) atoms. The Morgan fingerprint density at radius 2 is 1.79 bits per heavy atom. The lowest BCUT2D eigenvalue weighted by molar-refractivity contribution is -0.139. The molecule has 0 bridgehead atoms. The molecule has 6 nitrogen and oxygen atoms in total. The number of nitrogens with two attached hydrogens (primary N) is 1. The highest BCUT2D eigenvalue weighted by Crippen LogP contribution is 2.22. The van der Waals surface area contributed by atoms with Crippen molar-refractivity contribution in [2.24, 2.45) is 11.7 Å². The van der Waals surface area contributed by atoms with Crippen molar-refractivity contribution in [1.82, 2.24) is 9.80 Å². The molecular weight excluding hydrogens is 306 g/mol. The first-order valence-electron chi connectivity index (χ1n) is 8.99. The molecule has 0 aromatic heterocycles. The number of ether oxygens (including phenoxy) is 1. The summed E-state index contributed by atoms with van der Waals surface area (Å²) >= 11 is 0. The van der Waals surface area contributed by atoms with E-state index >= 15 is 0 Å². The molecule has 0 spiro atoms. The summed E-state index contributed by atoms with van der Waals surface area (Å²) in [6.07, 6.45) is 1.43. The smallest absolute Gasteiger partial charge is 0.410 e. The zero-order chi connectivity index (χ0) is 18.7. The van der Waals surface area contributed by atoms with Crippen molar-refractivity contribution < 1.29 is 14.3 Å². The van der Waals surface area contributed by atoms with Gasteiger partial charge in [-0.3, -0.25) is 4.79 Å². The zero-order valence-electron chi connectivity index (χ0n) is 16.3. The highest BCUT2D eigenvalue weighted by molar-refractivity contribution is 5.82. The first-order valence-corrected chi connectivity index (χ1v) is 8.99. The fourth-order valence-corrected chi connectivity index (χ4v) is 2.99. The molecule has 0 aromatic carbocycles. The molecular formula is C18H35N3O3. The SMILES string of the molecule is CC(C)[C@H](N)C(=O)N(C(C)C)[C@@H]1CCCN(C(=O)OC(C)(C)C)C1. The quantitative estimate of drug-likeness (QED) is 0.853. The number of carbonyl (C=O) groups is 2. The molecule has 2 N–H and O–H groups in total. The molecule has 2 amide bonds. The maximum Gasteiger partial charge on any atom is 0.410 e. The molecule has 1 saturated heterocycles. The van der Waals surface area contributed by atoms with Gasteiger partial charge in [-0.25, -0.2) is 4.79 Å². The Balaban J connectivity index is 2.85. The Morgan fingerprint density at radius 3 is 2.25 bits per heavy atom. The van der Waals surface area contributed by atoms with Gasteiger partial charge in [-0.05, 0) is 53.4 Å². The molecule has 2 atom stereocenters. The molecule has 0 aromatic rings. The Bertz CT molecular complexity index is 443. The molecule has 1 heterocycles. The van der Waals surface area contributed by atoms with Crippen LogP contribution >= 0.6 is 0 Å². The van der Waals surface area contributed by atoms with Crippen LogP contribution in [0.5, 0.6) is 0 Å². The molecule has 0 radical (unpaired) electrons. The van der Waals surface area contributed by atoms with Crippen molar-refractivity contribution in [3.8, 4) is 0 Å². The molecule has 6 heteroatoms. The number of hydrogen-bond donors (Lipinski definition) is 1. The number of nitrogens with zero attached hydrogens (tertiary/aromatic N) is 2. The minimum Gasteiger partial charge on any atom is -0.444 e. The summed E-state index contributed by atoms with van der Waals surface area (Å²) in [5, 5.41) is 0. The number of rotatable bonds is 4. The predicted molar refractivity (Wildman–Crippen MR) is 95.6 cm³/mol. The van der Waals surface area contributed by atoms with Gasteiger partial charge >= 0.3 is 6.09 Å². The largest absolute Gasteiger partial charge is 0.444 e. The number of piperidine rings is 1. The Hall–Kier alpha value is -1.30. The number of amides is 2. The van der Waals surface area contributed by atoms with Gasteiger partial charge in [-0.15, -0.1) is 0 Å². The first kappa shape index (κ1) is 20.7. The molecule has 1 fully saturated rings. The number of carbonyl (C=O) groups excluding carboxylic acids is 2. The molecule has 0 unspecified atom stereocenters. The van der Waals surface area contributed by atoms with Gasteiger partial charge in [0, 0.05) is 25.2 Å². The third-order valence-corrected chi connectivity index (χ3v) is 4.26. The van der Waals surface area contributed by atoms with Gasteiger partial charge < -0.3 is 20.3 Å². The van der Waals surface area contributed by atoms with Gasteiger partial charge in [0.25, 0.3) is 0 Å². The predicted octanol–water partition coefficient (Wildman–Crippen LogP) is 2.61. The second-order valence-corrected chi connectivity index (χ2v) is 8.33. The van der Waals surface area contributed by atoms with E-state index in [0.29, 0.717) is 13.1 Å². The third-order valence-electron chi connectivity index (χ3n) is 4.26. The standard InChI is InChI=1S/C18H35N3O3/c1-12(2)15(19)16(22)21(13(3)4)14-9-8-10-20(11-14)17(23)24-18(5,6)7/h12-15H,8-11,19H2,1-7H3/t14-,15+/m1/s1. The van der Waals surface area contributed by atoms with Gasteiger partial charge in [0.15, 0.2) is 0 Å². The summed E-state index contributed by atoms with van der Waals surface area (Å²) in [5.74, 6) is 0.0559. The van der Waals surface area contributed by atoms with E-state index in [9.17, 15) is 9.59 Å². The van der Waals surface area contributed by atoms with Crippen molar-refractivity contribution >= 4 is 12.0 Å². The van der Waals surface area contributed by atoms with Crippen LogP contribution in [0.4, 0.5) is 4.79 Å². The molecule has 1 aliphatic rings. The van der Waals surface area contributed by atoms with Crippen molar-refractivity contribution in [3.05, 3.63) is 0 Å². The van der Waals surface area contributed by atoms with E-state index in [1.54, 1.807) is 4.90 Å². The second-order valence-electron chi connectivity index (χ2n) is 8.33. The average molecular weight is 341 g/mol. The summed E-state index contributed by atoms with van der Waals surface area (Å²) in [7, 11) is 0. The summed E-state index contributed by atoms with van der Waals surface area (Å²) in [4.78, 5) is 28.7. The fraction of sp³-hybridized carbons (Fsp3) is 0.889. The Morgan fingerprint density at radius 1 is 1.21 bits per heavy atom. The maximum absolute atomic E-state index is 12.8. The van der Waals surface area contributed by atoms with Gasteiger partial charge in [-0.2, -0.15) is 0 Å². The lowest BCUT2D eigenvalue weighted by atomic mass is 9.98. The van der Waals surface area contributed by atoms with E-state index in [1.165, 1.54) is 0 Å². The Kier molecular flexibility index (Phi) is 7.08. The van der Waals surface area contributed by atoms with Crippen LogP contribution in [0.2, 0.25) is 0 Å².